The van der Waals surface area contributed by atoms with Crippen LogP contribution in [-0.2, 0) is 13.9 Å². The van der Waals surface area contributed by atoms with Gasteiger partial charge in [0.05, 0.1) is 6.16 Å². The second-order valence-corrected chi connectivity index (χ2v) is 4.02. The van der Waals surface area contributed by atoms with Gasteiger partial charge in [0, 0.05) is 6.08 Å². The molecule has 0 heterocycles. The highest BCUT2D eigenvalue weighted by Gasteiger charge is 2.21. The van der Waals surface area contributed by atoms with Crippen molar-refractivity contribution in [3.8, 4) is 0 Å². The summed E-state index contributed by atoms with van der Waals surface area (Å²) in [5.74, 6) is -0.891. The monoisotopic (exact) mass is 193 g/mol. The van der Waals surface area contributed by atoms with E-state index in [-0.39, 0.29) is 12.7 Å². The molecule has 0 saturated carbocycles. The van der Waals surface area contributed by atoms with Crippen LogP contribution in [0, 0.1) is 0 Å². The Morgan fingerprint density at radius 1 is 1.75 bits per heavy atom. The standard InChI is InChI=1S/C6H12NO4P/c1-2-6(8)11-12(9,10)5-3-4-7/h2H,1,3-5,7H2,(H,9,10). The van der Waals surface area contributed by atoms with Crippen LogP contribution in [0.3, 0.4) is 0 Å². The first-order valence-corrected chi connectivity index (χ1v) is 5.16. The van der Waals surface area contributed by atoms with E-state index in [0.29, 0.717) is 6.42 Å². The minimum absolute atomic E-state index is 0.108. The van der Waals surface area contributed by atoms with Gasteiger partial charge >= 0.3 is 13.6 Å². The van der Waals surface area contributed by atoms with Gasteiger partial charge in [0.15, 0.2) is 0 Å². The molecule has 0 aliphatic carbocycles. The topological polar surface area (TPSA) is 89.6 Å². The average molecular weight is 193 g/mol. The van der Waals surface area contributed by atoms with Gasteiger partial charge in [-0.1, -0.05) is 6.58 Å². The molecule has 0 saturated heterocycles. The molecular formula is C6H12NO4P. The summed E-state index contributed by atoms with van der Waals surface area (Å²) < 4.78 is 15.1. The van der Waals surface area contributed by atoms with Crippen LogP contribution in [0.15, 0.2) is 12.7 Å². The molecule has 0 radical (unpaired) electrons. The van der Waals surface area contributed by atoms with Crippen LogP contribution in [0.25, 0.3) is 0 Å². The zero-order valence-corrected chi connectivity index (χ0v) is 7.50. The second kappa shape index (κ2) is 5.09. The van der Waals surface area contributed by atoms with Crippen molar-refractivity contribution in [2.24, 2.45) is 5.73 Å². The number of hydrogen-bond acceptors (Lipinski definition) is 4. The molecule has 0 aromatic carbocycles. The van der Waals surface area contributed by atoms with E-state index < -0.39 is 13.6 Å². The van der Waals surface area contributed by atoms with Gasteiger partial charge in [-0.25, -0.2) is 9.36 Å². The quantitative estimate of drug-likeness (QED) is 0.482. The van der Waals surface area contributed by atoms with Crippen LogP contribution in [0.1, 0.15) is 6.42 Å². The van der Waals surface area contributed by atoms with Crippen LogP contribution in [-0.4, -0.2) is 23.6 Å². The Balaban J connectivity index is 3.95. The fourth-order valence-electron chi connectivity index (χ4n) is 0.515. The first-order chi connectivity index (χ1) is 5.52. The van der Waals surface area contributed by atoms with Crippen LogP contribution >= 0.6 is 7.60 Å². The summed E-state index contributed by atoms with van der Waals surface area (Å²) in [6.45, 7) is 3.38. The smallest absolute Gasteiger partial charge is 0.379 e. The van der Waals surface area contributed by atoms with Gasteiger partial charge in [0.1, 0.15) is 0 Å². The van der Waals surface area contributed by atoms with Gasteiger partial charge in [-0.05, 0) is 13.0 Å². The third kappa shape index (κ3) is 5.07. The molecule has 0 aliphatic heterocycles. The highest BCUT2D eigenvalue weighted by atomic mass is 31.2. The molecule has 1 atom stereocenters. The van der Waals surface area contributed by atoms with Crippen molar-refractivity contribution in [3.05, 3.63) is 12.7 Å². The lowest BCUT2D eigenvalue weighted by atomic mass is 10.5. The molecule has 0 bridgehead atoms. The molecule has 0 fully saturated rings. The maximum atomic E-state index is 11.0. The van der Waals surface area contributed by atoms with Crippen LogP contribution < -0.4 is 5.73 Å². The summed E-state index contributed by atoms with van der Waals surface area (Å²) in [7, 11) is -3.78. The minimum atomic E-state index is -3.78. The minimum Gasteiger partial charge on any atom is -0.388 e. The fourth-order valence-corrected chi connectivity index (χ4v) is 1.54. The Bertz CT molecular complexity index is 216. The number of carbonyl (C=O) groups is 1. The van der Waals surface area contributed by atoms with E-state index in [4.69, 9.17) is 10.6 Å². The Kier molecular flexibility index (Phi) is 4.81. The lowest BCUT2D eigenvalue weighted by Crippen LogP contribution is -2.05. The van der Waals surface area contributed by atoms with E-state index >= 15 is 0 Å². The van der Waals surface area contributed by atoms with Crippen molar-refractivity contribution in [2.75, 3.05) is 12.7 Å². The third-order valence-corrected chi connectivity index (χ3v) is 2.39. The third-order valence-electron chi connectivity index (χ3n) is 1.04. The number of rotatable bonds is 5. The Morgan fingerprint density at radius 2 is 2.33 bits per heavy atom. The lowest BCUT2D eigenvalue weighted by Gasteiger charge is -2.08. The fraction of sp³-hybridized carbons (Fsp3) is 0.500. The molecule has 0 spiro atoms. The molecule has 70 valence electrons. The van der Waals surface area contributed by atoms with Crippen molar-refractivity contribution in [1.29, 1.82) is 0 Å². The molecule has 12 heavy (non-hydrogen) atoms. The molecule has 0 aromatic rings. The van der Waals surface area contributed by atoms with E-state index in [2.05, 4.69) is 11.1 Å². The predicted octanol–water partition coefficient (Wildman–Crippen LogP) is 0.250. The maximum Gasteiger partial charge on any atom is 0.379 e. The summed E-state index contributed by atoms with van der Waals surface area (Å²) in [5, 5.41) is 0. The van der Waals surface area contributed by atoms with Gasteiger partial charge in [-0.3, -0.25) is 0 Å². The molecule has 6 heteroatoms. The summed E-state index contributed by atoms with van der Waals surface area (Å²) in [4.78, 5) is 19.4. The van der Waals surface area contributed by atoms with E-state index in [1.807, 2.05) is 0 Å². The lowest BCUT2D eigenvalue weighted by molar-refractivity contribution is -0.129. The zero-order valence-electron chi connectivity index (χ0n) is 6.60. The molecule has 5 nitrogen and oxygen atoms in total. The molecule has 0 amide bonds. The molecule has 1 unspecified atom stereocenters. The Morgan fingerprint density at radius 3 is 2.75 bits per heavy atom. The first kappa shape index (κ1) is 11.4. The SMILES string of the molecule is C=CC(=O)OP(=O)(O)CCCN. The van der Waals surface area contributed by atoms with Crippen molar-refractivity contribution >= 4 is 13.6 Å². The van der Waals surface area contributed by atoms with Crippen LogP contribution in [0.5, 0.6) is 0 Å². The van der Waals surface area contributed by atoms with Gasteiger partial charge in [-0.15, -0.1) is 0 Å². The van der Waals surface area contributed by atoms with Crippen molar-refractivity contribution in [1.82, 2.24) is 0 Å². The summed E-state index contributed by atoms with van der Waals surface area (Å²) in [5.41, 5.74) is 5.11. The van der Waals surface area contributed by atoms with Gasteiger partial charge in [0.25, 0.3) is 0 Å². The van der Waals surface area contributed by atoms with Gasteiger partial charge in [0.2, 0.25) is 0 Å². The van der Waals surface area contributed by atoms with Crippen molar-refractivity contribution < 1.29 is 18.8 Å². The van der Waals surface area contributed by atoms with Crippen LogP contribution in [0.4, 0.5) is 0 Å². The van der Waals surface area contributed by atoms with Gasteiger partial charge < -0.3 is 15.2 Å². The molecule has 3 N–H and O–H groups in total. The second-order valence-electron chi connectivity index (χ2n) is 2.12. The number of hydrogen-bond donors (Lipinski definition) is 2. The van der Waals surface area contributed by atoms with E-state index in [0.717, 1.165) is 6.08 Å². The molecule has 0 aliphatic rings. The van der Waals surface area contributed by atoms with Gasteiger partial charge in [-0.2, -0.15) is 0 Å². The molecule has 0 rings (SSSR count). The van der Waals surface area contributed by atoms with E-state index in [1.54, 1.807) is 0 Å². The highest BCUT2D eigenvalue weighted by molar-refractivity contribution is 7.53. The normalized spacial score (nSPS) is 14.8. The summed E-state index contributed by atoms with van der Waals surface area (Å²) in [6.07, 6.45) is 1.08. The number of carbonyl (C=O) groups excluding carboxylic acids is 1. The average Bonchev–Trinajstić information content (AvgIpc) is 2.00. The van der Waals surface area contributed by atoms with Crippen molar-refractivity contribution in [3.63, 3.8) is 0 Å². The molecular weight excluding hydrogens is 181 g/mol. The maximum absolute atomic E-state index is 11.0. The van der Waals surface area contributed by atoms with Crippen LogP contribution in [0.2, 0.25) is 0 Å². The summed E-state index contributed by atoms with van der Waals surface area (Å²) in [6, 6.07) is 0. The Labute approximate surface area is 70.7 Å². The van der Waals surface area contributed by atoms with E-state index in [1.165, 1.54) is 0 Å². The predicted molar refractivity (Wildman–Crippen MR) is 44.7 cm³/mol. The largest absolute Gasteiger partial charge is 0.388 e. The Hall–Kier alpha value is -0.640. The van der Waals surface area contributed by atoms with E-state index in [9.17, 15) is 9.36 Å². The first-order valence-electron chi connectivity index (χ1n) is 3.39. The highest BCUT2D eigenvalue weighted by Crippen LogP contribution is 2.42. The molecule has 0 aromatic heterocycles. The van der Waals surface area contributed by atoms with Crippen molar-refractivity contribution in [2.45, 2.75) is 6.42 Å². The zero-order chi connectivity index (χ0) is 9.61. The summed E-state index contributed by atoms with van der Waals surface area (Å²) >= 11 is 0. The number of nitrogens with two attached hydrogens (primary N) is 1.